The fraction of sp³-hybridized carbons (Fsp3) is 0.300. The molecular formula is C10H12ClFN2OS. The van der Waals surface area contributed by atoms with Gasteiger partial charge in [-0.3, -0.25) is 4.79 Å². The second-order valence-electron chi connectivity index (χ2n) is 3.01. The molecule has 0 fully saturated rings. The van der Waals surface area contributed by atoms with E-state index in [1.165, 1.54) is 23.9 Å². The molecule has 0 aliphatic carbocycles. The number of benzene rings is 1. The van der Waals surface area contributed by atoms with E-state index >= 15 is 0 Å². The van der Waals surface area contributed by atoms with Crippen molar-refractivity contribution in [1.82, 2.24) is 0 Å². The van der Waals surface area contributed by atoms with E-state index in [0.717, 1.165) is 11.8 Å². The van der Waals surface area contributed by atoms with Crippen molar-refractivity contribution in [2.45, 2.75) is 0 Å². The van der Waals surface area contributed by atoms with Crippen LogP contribution in [0.5, 0.6) is 0 Å². The molecule has 1 aromatic carbocycles. The van der Waals surface area contributed by atoms with Gasteiger partial charge in [0.1, 0.15) is 5.82 Å². The molecule has 0 atom stereocenters. The number of halogens is 2. The van der Waals surface area contributed by atoms with Gasteiger partial charge in [0, 0.05) is 12.3 Å². The summed E-state index contributed by atoms with van der Waals surface area (Å²) in [5, 5.41) is 2.79. The average Bonchev–Trinajstić information content (AvgIpc) is 2.23. The third-order valence-corrected chi connectivity index (χ3v) is 3.00. The Morgan fingerprint density at radius 1 is 1.56 bits per heavy atom. The van der Waals surface area contributed by atoms with Crippen LogP contribution >= 0.6 is 23.4 Å². The lowest BCUT2D eigenvalue weighted by Crippen LogP contribution is -2.15. The molecule has 0 bridgehead atoms. The Kier molecular flexibility index (Phi) is 5.59. The third kappa shape index (κ3) is 4.38. The molecule has 0 radical (unpaired) electrons. The van der Waals surface area contributed by atoms with Crippen LogP contribution in [0.25, 0.3) is 0 Å². The minimum atomic E-state index is -0.430. The Bertz CT molecular complexity index is 376. The smallest absolute Gasteiger partial charge is 0.234 e. The van der Waals surface area contributed by atoms with Gasteiger partial charge in [0.25, 0.3) is 0 Å². The number of carbonyl (C=O) groups is 1. The lowest BCUT2D eigenvalue weighted by atomic mass is 10.3. The normalized spacial score (nSPS) is 10.2. The molecule has 0 unspecified atom stereocenters. The van der Waals surface area contributed by atoms with Crippen LogP contribution in [0.4, 0.5) is 10.1 Å². The highest BCUT2D eigenvalue weighted by Crippen LogP contribution is 2.22. The van der Waals surface area contributed by atoms with Gasteiger partial charge in [-0.25, -0.2) is 4.39 Å². The number of nitrogens with two attached hydrogens (primary N) is 1. The van der Waals surface area contributed by atoms with Crippen LogP contribution in [0, 0.1) is 5.82 Å². The number of anilines is 1. The molecule has 0 aliphatic heterocycles. The van der Waals surface area contributed by atoms with Crippen molar-refractivity contribution in [2.24, 2.45) is 5.73 Å². The first-order valence-electron chi connectivity index (χ1n) is 4.66. The zero-order chi connectivity index (χ0) is 12.0. The highest BCUT2D eigenvalue weighted by molar-refractivity contribution is 7.99. The van der Waals surface area contributed by atoms with Crippen LogP contribution in [0.3, 0.4) is 0 Å². The van der Waals surface area contributed by atoms with Crippen LogP contribution in [0.1, 0.15) is 0 Å². The summed E-state index contributed by atoms with van der Waals surface area (Å²) in [5.41, 5.74) is 5.71. The van der Waals surface area contributed by atoms with Crippen molar-refractivity contribution >= 4 is 35.0 Å². The van der Waals surface area contributed by atoms with Crippen LogP contribution in [-0.4, -0.2) is 24.0 Å². The summed E-state index contributed by atoms with van der Waals surface area (Å²) in [6.07, 6.45) is 0. The average molecular weight is 263 g/mol. The van der Waals surface area contributed by atoms with Crippen LogP contribution in [0.15, 0.2) is 18.2 Å². The van der Waals surface area contributed by atoms with E-state index in [2.05, 4.69) is 5.32 Å². The van der Waals surface area contributed by atoms with E-state index in [1.807, 2.05) is 0 Å². The van der Waals surface area contributed by atoms with E-state index in [-0.39, 0.29) is 10.9 Å². The molecule has 0 saturated carbocycles. The Morgan fingerprint density at radius 3 is 2.94 bits per heavy atom. The van der Waals surface area contributed by atoms with Crippen molar-refractivity contribution < 1.29 is 9.18 Å². The summed E-state index contributed by atoms with van der Waals surface area (Å²) in [4.78, 5) is 11.4. The highest BCUT2D eigenvalue weighted by atomic mass is 35.5. The van der Waals surface area contributed by atoms with Gasteiger partial charge >= 0.3 is 0 Å². The first-order valence-corrected chi connectivity index (χ1v) is 6.19. The Labute approximate surface area is 103 Å². The predicted octanol–water partition coefficient (Wildman–Crippen LogP) is 2.11. The lowest BCUT2D eigenvalue weighted by molar-refractivity contribution is -0.113. The number of rotatable bonds is 5. The molecule has 1 amide bonds. The molecule has 1 aromatic rings. The van der Waals surface area contributed by atoms with E-state index in [1.54, 1.807) is 0 Å². The van der Waals surface area contributed by atoms with Crippen LogP contribution in [-0.2, 0) is 4.79 Å². The van der Waals surface area contributed by atoms with Crippen molar-refractivity contribution in [3.05, 3.63) is 29.0 Å². The maximum absolute atomic E-state index is 12.7. The predicted molar refractivity (Wildman–Crippen MR) is 66.4 cm³/mol. The summed E-state index contributed by atoms with van der Waals surface area (Å²) in [7, 11) is 0. The van der Waals surface area contributed by atoms with Crippen molar-refractivity contribution in [1.29, 1.82) is 0 Å². The lowest BCUT2D eigenvalue weighted by Gasteiger charge is -2.06. The first kappa shape index (κ1) is 13.3. The van der Waals surface area contributed by atoms with E-state index in [4.69, 9.17) is 17.3 Å². The monoisotopic (exact) mass is 262 g/mol. The summed E-state index contributed by atoms with van der Waals surface area (Å²) in [6.45, 7) is 0.537. The molecule has 3 N–H and O–H groups in total. The minimum absolute atomic E-state index is 0.174. The molecule has 0 aromatic heterocycles. The fourth-order valence-electron chi connectivity index (χ4n) is 1.03. The number of carbonyl (C=O) groups excluding carboxylic acids is 1. The molecule has 0 heterocycles. The Hall–Kier alpha value is -0.780. The highest BCUT2D eigenvalue weighted by Gasteiger charge is 2.06. The molecule has 6 heteroatoms. The summed E-state index contributed by atoms with van der Waals surface area (Å²) in [5.74, 6) is 0.433. The molecule has 88 valence electrons. The summed E-state index contributed by atoms with van der Waals surface area (Å²) < 4.78 is 12.7. The molecule has 16 heavy (non-hydrogen) atoms. The van der Waals surface area contributed by atoms with Crippen molar-refractivity contribution in [3.8, 4) is 0 Å². The molecular weight excluding hydrogens is 251 g/mol. The second kappa shape index (κ2) is 6.73. The SMILES string of the molecule is NCCSCC(=O)Nc1ccc(F)cc1Cl. The van der Waals surface area contributed by atoms with Gasteiger partial charge < -0.3 is 11.1 Å². The van der Waals surface area contributed by atoms with Gasteiger partial charge in [-0.2, -0.15) is 11.8 Å². The van der Waals surface area contributed by atoms with Crippen molar-refractivity contribution in [2.75, 3.05) is 23.4 Å². The van der Waals surface area contributed by atoms with Gasteiger partial charge in [0.15, 0.2) is 0 Å². The quantitative estimate of drug-likeness (QED) is 0.799. The second-order valence-corrected chi connectivity index (χ2v) is 4.53. The summed E-state index contributed by atoms with van der Waals surface area (Å²) in [6, 6.07) is 3.84. The van der Waals surface area contributed by atoms with Gasteiger partial charge in [0.2, 0.25) is 5.91 Å². The third-order valence-electron chi connectivity index (χ3n) is 1.70. The first-order chi connectivity index (χ1) is 7.63. The molecule has 0 aliphatic rings. The summed E-state index contributed by atoms with van der Waals surface area (Å²) >= 11 is 7.19. The minimum Gasteiger partial charge on any atom is -0.330 e. The molecule has 0 spiro atoms. The van der Waals surface area contributed by atoms with E-state index in [0.29, 0.717) is 18.0 Å². The van der Waals surface area contributed by atoms with Crippen LogP contribution in [0.2, 0.25) is 5.02 Å². The number of nitrogens with one attached hydrogen (secondary N) is 1. The van der Waals surface area contributed by atoms with Gasteiger partial charge in [0.05, 0.1) is 16.5 Å². The van der Waals surface area contributed by atoms with Gasteiger partial charge in [-0.15, -0.1) is 0 Å². The number of hydrogen-bond acceptors (Lipinski definition) is 3. The van der Waals surface area contributed by atoms with Crippen LogP contribution < -0.4 is 11.1 Å². The Morgan fingerprint density at radius 2 is 2.31 bits per heavy atom. The van der Waals surface area contributed by atoms with Crippen molar-refractivity contribution in [3.63, 3.8) is 0 Å². The molecule has 1 rings (SSSR count). The fourth-order valence-corrected chi connectivity index (χ4v) is 1.81. The molecule has 3 nitrogen and oxygen atoms in total. The number of hydrogen-bond donors (Lipinski definition) is 2. The zero-order valence-corrected chi connectivity index (χ0v) is 10.1. The zero-order valence-electron chi connectivity index (χ0n) is 8.50. The van der Waals surface area contributed by atoms with Gasteiger partial charge in [-0.1, -0.05) is 11.6 Å². The Balaban J connectivity index is 2.49. The maximum atomic E-state index is 12.7. The maximum Gasteiger partial charge on any atom is 0.234 e. The van der Waals surface area contributed by atoms with E-state index in [9.17, 15) is 9.18 Å². The number of thioether (sulfide) groups is 1. The van der Waals surface area contributed by atoms with E-state index < -0.39 is 5.82 Å². The molecule has 0 saturated heterocycles. The van der Waals surface area contributed by atoms with Gasteiger partial charge in [-0.05, 0) is 18.2 Å². The topological polar surface area (TPSA) is 55.1 Å². The number of amides is 1. The standard InChI is InChI=1S/C10H12ClFN2OS/c11-8-5-7(12)1-2-9(8)14-10(15)6-16-4-3-13/h1-2,5H,3-4,6,13H2,(H,14,15). The largest absolute Gasteiger partial charge is 0.330 e.